The highest BCUT2D eigenvalue weighted by Gasteiger charge is 2.21. The Morgan fingerprint density at radius 2 is 2.28 bits per heavy atom. The summed E-state index contributed by atoms with van der Waals surface area (Å²) in [6.07, 6.45) is 0.814. The van der Waals surface area contributed by atoms with Gasteiger partial charge in [-0.2, -0.15) is 5.10 Å². The van der Waals surface area contributed by atoms with E-state index < -0.39 is 0 Å². The zero-order valence-electron chi connectivity index (χ0n) is 9.49. The molecule has 2 N–H and O–H groups in total. The number of ether oxygens (including phenoxy) is 1. The van der Waals surface area contributed by atoms with Crippen molar-refractivity contribution in [2.24, 2.45) is 0 Å². The highest BCUT2D eigenvalue weighted by Crippen LogP contribution is 2.30. The highest BCUT2D eigenvalue weighted by atomic mass is 79.9. The van der Waals surface area contributed by atoms with E-state index in [9.17, 15) is 0 Å². The second kappa shape index (κ2) is 4.57. The van der Waals surface area contributed by atoms with Crippen LogP contribution in [0.1, 0.15) is 11.3 Å². The van der Waals surface area contributed by atoms with Crippen molar-refractivity contribution in [2.75, 3.05) is 12.3 Å². The van der Waals surface area contributed by atoms with Gasteiger partial charge in [0.25, 0.3) is 0 Å². The summed E-state index contributed by atoms with van der Waals surface area (Å²) in [5.41, 5.74) is 8.97. The van der Waals surface area contributed by atoms with Crippen LogP contribution in [0, 0.1) is 0 Å². The van der Waals surface area contributed by atoms with E-state index in [-0.39, 0.29) is 0 Å². The molecule has 0 saturated carbocycles. The molecule has 0 unspecified atom stereocenters. The van der Waals surface area contributed by atoms with E-state index in [4.69, 9.17) is 22.1 Å². The number of nitrogens with two attached hydrogens (primary N) is 1. The van der Waals surface area contributed by atoms with E-state index in [1.807, 2.05) is 22.9 Å². The SMILES string of the molecule is Nc1nn(-c2ccc(Cl)cc2Br)c2c1COCC2. The largest absolute Gasteiger partial charge is 0.382 e. The van der Waals surface area contributed by atoms with Gasteiger partial charge in [0.1, 0.15) is 0 Å². The average molecular weight is 329 g/mol. The quantitative estimate of drug-likeness (QED) is 0.875. The van der Waals surface area contributed by atoms with Gasteiger partial charge in [-0.15, -0.1) is 0 Å². The lowest BCUT2D eigenvalue weighted by Crippen LogP contribution is -2.13. The minimum atomic E-state index is 0.534. The molecule has 1 aromatic carbocycles. The second-order valence-corrected chi connectivity index (χ2v) is 5.41. The molecule has 0 saturated heterocycles. The maximum atomic E-state index is 5.95. The fraction of sp³-hybridized carbons (Fsp3) is 0.250. The van der Waals surface area contributed by atoms with Crippen molar-refractivity contribution in [1.82, 2.24) is 9.78 Å². The summed E-state index contributed by atoms with van der Waals surface area (Å²) in [4.78, 5) is 0. The normalized spacial score (nSPS) is 14.6. The molecule has 1 aromatic heterocycles. The summed E-state index contributed by atoms with van der Waals surface area (Å²) in [7, 11) is 0. The molecule has 0 spiro atoms. The van der Waals surface area contributed by atoms with Crippen LogP contribution in [0.3, 0.4) is 0 Å². The number of nitrogens with zero attached hydrogens (tertiary/aromatic N) is 2. The fourth-order valence-corrected chi connectivity index (χ4v) is 2.96. The summed E-state index contributed by atoms with van der Waals surface area (Å²) in [5, 5.41) is 5.08. The first-order valence-corrected chi connectivity index (χ1v) is 6.73. The van der Waals surface area contributed by atoms with Crippen molar-refractivity contribution < 1.29 is 4.74 Å². The first-order valence-electron chi connectivity index (χ1n) is 5.56. The summed E-state index contributed by atoms with van der Waals surface area (Å²) >= 11 is 9.45. The van der Waals surface area contributed by atoms with Gasteiger partial charge in [-0.1, -0.05) is 11.6 Å². The van der Waals surface area contributed by atoms with E-state index in [0.29, 0.717) is 24.1 Å². The molecule has 0 fully saturated rings. The Hall–Kier alpha value is -1.04. The number of hydrogen-bond acceptors (Lipinski definition) is 3. The topological polar surface area (TPSA) is 53.1 Å². The Kier molecular flexibility index (Phi) is 3.05. The number of halogens is 2. The molecule has 0 aliphatic carbocycles. The number of benzene rings is 1. The Morgan fingerprint density at radius 1 is 1.44 bits per heavy atom. The molecule has 0 bridgehead atoms. The average Bonchev–Trinajstić information content (AvgIpc) is 2.68. The third kappa shape index (κ3) is 1.92. The third-order valence-corrected chi connectivity index (χ3v) is 3.86. The Labute approximate surface area is 118 Å². The lowest BCUT2D eigenvalue weighted by Gasteiger charge is -2.15. The molecule has 0 amide bonds. The van der Waals surface area contributed by atoms with Crippen molar-refractivity contribution in [1.29, 1.82) is 0 Å². The molecule has 1 aliphatic rings. The van der Waals surface area contributed by atoms with Gasteiger partial charge in [-0.3, -0.25) is 0 Å². The first-order chi connectivity index (χ1) is 8.66. The third-order valence-electron chi connectivity index (χ3n) is 2.99. The fourth-order valence-electron chi connectivity index (χ4n) is 2.11. The van der Waals surface area contributed by atoms with E-state index in [0.717, 1.165) is 27.8 Å². The number of fused-ring (bicyclic) bond motifs is 1. The molecule has 4 nitrogen and oxygen atoms in total. The first kappa shape index (κ1) is 12.0. The monoisotopic (exact) mass is 327 g/mol. The summed E-state index contributed by atoms with van der Waals surface area (Å²) in [5.74, 6) is 0.534. The van der Waals surface area contributed by atoms with Crippen molar-refractivity contribution in [2.45, 2.75) is 13.0 Å². The Bertz CT molecular complexity index is 612. The Morgan fingerprint density at radius 3 is 3.06 bits per heavy atom. The number of hydrogen-bond donors (Lipinski definition) is 1. The molecule has 6 heteroatoms. The number of anilines is 1. The molecular weight excluding hydrogens is 318 g/mol. The molecule has 0 atom stereocenters. The molecule has 0 radical (unpaired) electrons. The van der Waals surface area contributed by atoms with Gasteiger partial charge in [0, 0.05) is 21.5 Å². The minimum Gasteiger partial charge on any atom is -0.382 e. The van der Waals surface area contributed by atoms with Crippen LogP contribution < -0.4 is 5.73 Å². The highest BCUT2D eigenvalue weighted by molar-refractivity contribution is 9.10. The summed E-state index contributed by atoms with van der Waals surface area (Å²) in [6.45, 7) is 1.23. The van der Waals surface area contributed by atoms with Crippen molar-refractivity contribution in [3.05, 3.63) is 39.0 Å². The molecule has 18 heavy (non-hydrogen) atoms. The van der Waals surface area contributed by atoms with Crippen LogP contribution in [-0.4, -0.2) is 16.4 Å². The van der Waals surface area contributed by atoms with E-state index in [1.165, 1.54) is 0 Å². The Balaban J connectivity index is 2.17. The van der Waals surface area contributed by atoms with Crippen LogP contribution in [0.25, 0.3) is 5.69 Å². The van der Waals surface area contributed by atoms with Crippen molar-refractivity contribution in [3.8, 4) is 5.69 Å². The lowest BCUT2D eigenvalue weighted by molar-refractivity contribution is 0.110. The minimum absolute atomic E-state index is 0.534. The predicted octanol–water partition coefficient (Wildman–Crippen LogP) is 2.94. The molecule has 2 aromatic rings. The number of nitrogen functional groups attached to an aromatic ring is 1. The summed E-state index contributed by atoms with van der Waals surface area (Å²) in [6, 6.07) is 5.61. The van der Waals surface area contributed by atoms with Crippen LogP contribution >= 0.6 is 27.5 Å². The maximum absolute atomic E-state index is 5.95. The second-order valence-electron chi connectivity index (χ2n) is 4.12. The van der Waals surface area contributed by atoms with Crippen LogP contribution in [0.15, 0.2) is 22.7 Å². The number of aromatic nitrogens is 2. The molecule has 94 valence electrons. The van der Waals surface area contributed by atoms with Gasteiger partial charge < -0.3 is 10.5 Å². The van der Waals surface area contributed by atoms with Gasteiger partial charge in [-0.05, 0) is 34.1 Å². The predicted molar refractivity (Wildman–Crippen MR) is 74.0 cm³/mol. The standard InChI is InChI=1S/C12H11BrClN3O/c13-9-5-7(14)1-2-11(9)17-10-3-4-18-6-8(10)12(15)16-17/h1-2,5H,3-4,6H2,(H2,15,16). The molecule has 1 aliphatic heterocycles. The molecular formula is C12H11BrClN3O. The van der Waals surface area contributed by atoms with Gasteiger partial charge in [0.15, 0.2) is 5.82 Å². The molecule has 2 heterocycles. The lowest BCUT2D eigenvalue weighted by atomic mass is 10.1. The van der Waals surface area contributed by atoms with E-state index >= 15 is 0 Å². The molecule has 3 rings (SSSR count). The van der Waals surface area contributed by atoms with Crippen LogP contribution in [0.5, 0.6) is 0 Å². The van der Waals surface area contributed by atoms with E-state index in [1.54, 1.807) is 0 Å². The van der Waals surface area contributed by atoms with Gasteiger partial charge in [-0.25, -0.2) is 4.68 Å². The smallest absolute Gasteiger partial charge is 0.151 e. The number of rotatable bonds is 1. The van der Waals surface area contributed by atoms with Crippen LogP contribution in [0.4, 0.5) is 5.82 Å². The zero-order chi connectivity index (χ0) is 12.7. The van der Waals surface area contributed by atoms with Gasteiger partial charge in [0.2, 0.25) is 0 Å². The zero-order valence-corrected chi connectivity index (χ0v) is 11.8. The van der Waals surface area contributed by atoms with Crippen LogP contribution in [-0.2, 0) is 17.8 Å². The van der Waals surface area contributed by atoms with E-state index in [2.05, 4.69) is 21.0 Å². The summed E-state index contributed by atoms with van der Waals surface area (Å²) < 4.78 is 8.17. The maximum Gasteiger partial charge on any atom is 0.151 e. The van der Waals surface area contributed by atoms with Gasteiger partial charge >= 0.3 is 0 Å². The van der Waals surface area contributed by atoms with Gasteiger partial charge in [0.05, 0.1) is 24.6 Å². The van der Waals surface area contributed by atoms with Crippen molar-refractivity contribution >= 4 is 33.3 Å². The van der Waals surface area contributed by atoms with Crippen molar-refractivity contribution in [3.63, 3.8) is 0 Å². The van der Waals surface area contributed by atoms with Crippen LogP contribution in [0.2, 0.25) is 5.02 Å².